The fraction of sp³-hybridized carbons (Fsp3) is 0.357. The van der Waals surface area contributed by atoms with Crippen LogP contribution in [0.25, 0.3) is 16.8 Å². The van der Waals surface area contributed by atoms with Crippen LogP contribution in [0, 0.1) is 12.7 Å². The Kier molecular flexibility index (Phi) is 6.19. The van der Waals surface area contributed by atoms with Gasteiger partial charge in [0.05, 0.1) is 6.61 Å². The first-order valence-electron chi connectivity index (χ1n) is 12.9. The van der Waals surface area contributed by atoms with Crippen LogP contribution < -0.4 is 15.0 Å². The van der Waals surface area contributed by atoms with Gasteiger partial charge in [0.15, 0.2) is 5.78 Å². The lowest BCUT2D eigenvalue weighted by Crippen LogP contribution is -2.44. The Morgan fingerprint density at radius 1 is 1.11 bits per heavy atom. The number of aromatic nitrogens is 4. The number of piperazine rings is 1. The molecule has 0 aliphatic carbocycles. The number of rotatable bonds is 6. The van der Waals surface area contributed by atoms with Crippen LogP contribution in [0.4, 0.5) is 16.2 Å². The summed E-state index contributed by atoms with van der Waals surface area (Å²) in [5, 5.41) is 3.25. The van der Waals surface area contributed by atoms with Crippen molar-refractivity contribution in [2.24, 2.45) is 0 Å². The second-order valence-corrected chi connectivity index (χ2v) is 9.92. The monoisotopic (exact) mass is 515 g/mol. The first-order chi connectivity index (χ1) is 18.4. The van der Waals surface area contributed by atoms with Crippen LogP contribution in [0.15, 0.2) is 36.7 Å². The number of ketones is 1. The maximum atomic E-state index is 14.7. The number of halogens is 1. The molecule has 1 saturated heterocycles. The summed E-state index contributed by atoms with van der Waals surface area (Å²) >= 11 is 0. The molecule has 0 unspecified atom stereocenters. The number of hydrogen-bond acceptors (Lipinski definition) is 8. The fourth-order valence-electron chi connectivity index (χ4n) is 5.19. The Labute approximate surface area is 220 Å². The largest absolute Gasteiger partial charge is 0.493 e. The molecule has 0 atom stereocenters. The molecule has 1 fully saturated rings. The van der Waals surface area contributed by atoms with Gasteiger partial charge in [-0.05, 0) is 38.2 Å². The topological polar surface area (TPSA) is 87.9 Å². The molecule has 4 aromatic rings. The number of hydrogen-bond donors (Lipinski definition) is 1. The van der Waals surface area contributed by atoms with E-state index >= 15 is 0 Å². The predicted octanol–water partition coefficient (Wildman–Crippen LogP) is 3.74. The van der Waals surface area contributed by atoms with Gasteiger partial charge in [-0.3, -0.25) is 9.20 Å². The standard InChI is InChI=1S/C28H30FN7O2/c1-17-19(4-7-26(32-17)35-11-9-34(3)10-12-35)22-15-31-28(36-16-24(18(2)37)33-27(22)36)30-14-21-20-8-13-38-25(20)6-5-23(21)29/h4-7,15-16H,8-14H2,1-3H3,(H,30,31). The van der Waals surface area contributed by atoms with Crippen molar-refractivity contribution >= 4 is 23.2 Å². The Morgan fingerprint density at radius 3 is 2.68 bits per heavy atom. The molecule has 0 bridgehead atoms. The summed E-state index contributed by atoms with van der Waals surface area (Å²) in [6.45, 7) is 8.14. The van der Waals surface area contributed by atoms with Crippen molar-refractivity contribution in [2.75, 3.05) is 50.1 Å². The Hall–Kier alpha value is -4.05. The van der Waals surface area contributed by atoms with Crippen LogP contribution in [0.5, 0.6) is 5.75 Å². The van der Waals surface area contributed by atoms with Gasteiger partial charge in [-0.2, -0.15) is 0 Å². The summed E-state index contributed by atoms with van der Waals surface area (Å²) in [5.41, 5.74) is 4.90. The predicted molar refractivity (Wildman–Crippen MR) is 144 cm³/mol. The molecule has 2 aliphatic heterocycles. The number of benzene rings is 1. The van der Waals surface area contributed by atoms with Gasteiger partial charge < -0.3 is 19.9 Å². The van der Waals surface area contributed by atoms with Crippen LogP contribution in [0.3, 0.4) is 0 Å². The molecule has 1 aromatic carbocycles. The smallest absolute Gasteiger partial charge is 0.208 e. The van der Waals surface area contributed by atoms with E-state index in [9.17, 15) is 9.18 Å². The average molecular weight is 516 g/mol. The minimum absolute atomic E-state index is 0.144. The number of ether oxygens (including phenoxy) is 1. The van der Waals surface area contributed by atoms with Crippen LogP contribution >= 0.6 is 0 Å². The van der Waals surface area contributed by atoms with E-state index in [-0.39, 0.29) is 18.1 Å². The summed E-state index contributed by atoms with van der Waals surface area (Å²) in [4.78, 5) is 31.0. The van der Waals surface area contributed by atoms with Crippen molar-refractivity contribution in [3.63, 3.8) is 0 Å². The van der Waals surface area contributed by atoms with E-state index < -0.39 is 0 Å². The van der Waals surface area contributed by atoms with Crippen molar-refractivity contribution in [1.82, 2.24) is 24.3 Å². The second-order valence-electron chi connectivity index (χ2n) is 9.92. The number of nitrogens with one attached hydrogen (secondary N) is 1. The third kappa shape index (κ3) is 4.34. The first kappa shape index (κ1) is 24.3. The van der Waals surface area contributed by atoms with Gasteiger partial charge in [-0.15, -0.1) is 0 Å². The lowest BCUT2D eigenvalue weighted by molar-refractivity contribution is 0.101. The second kappa shape index (κ2) is 9.68. The molecule has 38 heavy (non-hydrogen) atoms. The zero-order valence-corrected chi connectivity index (χ0v) is 21.8. The molecule has 0 spiro atoms. The zero-order chi connectivity index (χ0) is 26.4. The summed E-state index contributed by atoms with van der Waals surface area (Å²) in [7, 11) is 2.13. The number of carbonyl (C=O) groups excluding carboxylic acids is 1. The van der Waals surface area contributed by atoms with Crippen molar-refractivity contribution in [1.29, 1.82) is 0 Å². The quantitative estimate of drug-likeness (QED) is 0.389. The van der Waals surface area contributed by atoms with Gasteiger partial charge in [0, 0.05) is 86.4 Å². The Bertz CT molecular complexity index is 1540. The fourth-order valence-corrected chi connectivity index (χ4v) is 5.19. The molecule has 0 saturated carbocycles. The third-order valence-corrected chi connectivity index (χ3v) is 7.40. The molecule has 2 aliphatic rings. The minimum Gasteiger partial charge on any atom is -0.493 e. The van der Waals surface area contributed by atoms with Crippen LogP contribution in [0.2, 0.25) is 0 Å². The number of aryl methyl sites for hydroxylation is 1. The molecule has 3 aromatic heterocycles. The highest BCUT2D eigenvalue weighted by Crippen LogP contribution is 2.32. The van der Waals surface area contributed by atoms with Gasteiger partial charge in [0.2, 0.25) is 5.95 Å². The van der Waals surface area contributed by atoms with Crippen LogP contribution in [-0.2, 0) is 13.0 Å². The number of fused-ring (bicyclic) bond motifs is 2. The van der Waals surface area contributed by atoms with E-state index in [2.05, 4.69) is 32.1 Å². The van der Waals surface area contributed by atoms with E-state index in [0.717, 1.165) is 60.1 Å². The van der Waals surface area contributed by atoms with Crippen molar-refractivity contribution in [3.05, 3.63) is 65.0 Å². The molecule has 196 valence electrons. The number of likely N-dealkylation sites (N-methyl/N-ethyl adjacent to an activating group) is 1. The van der Waals surface area contributed by atoms with Gasteiger partial charge in [0.25, 0.3) is 0 Å². The highest BCUT2D eigenvalue weighted by Gasteiger charge is 2.22. The van der Waals surface area contributed by atoms with Crippen molar-refractivity contribution < 1.29 is 13.9 Å². The maximum absolute atomic E-state index is 14.7. The summed E-state index contributed by atoms with van der Waals surface area (Å²) in [6, 6.07) is 7.18. The SMILES string of the molecule is CC(=O)c1cn2c(NCc3c(F)ccc4c3CCO4)ncc(-c3ccc(N4CCN(C)CC4)nc3C)c2n1. The molecule has 10 heteroatoms. The number of imidazole rings is 1. The van der Waals surface area contributed by atoms with E-state index in [0.29, 0.717) is 35.9 Å². The summed E-state index contributed by atoms with van der Waals surface area (Å²) in [5.74, 6) is 1.72. The molecule has 5 heterocycles. The van der Waals surface area contributed by atoms with E-state index in [4.69, 9.17) is 9.72 Å². The van der Waals surface area contributed by atoms with E-state index in [1.165, 1.54) is 13.0 Å². The number of carbonyl (C=O) groups is 1. The molecule has 1 N–H and O–H groups in total. The van der Waals surface area contributed by atoms with E-state index in [1.807, 2.05) is 19.1 Å². The lowest BCUT2D eigenvalue weighted by atomic mass is 10.0. The van der Waals surface area contributed by atoms with Crippen LogP contribution in [0.1, 0.15) is 34.2 Å². The van der Waals surface area contributed by atoms with Gasteiger partial charge >= 0.3 is 0 Å². The Morgan fingerprint density at radius 2 is 1.92 bits per heavy atom. The molecule has 6 rings (SSSR count). The maximum Gasteiger partial charge on any atom is 0.208 e. The molecular formula is C28H30FN7O2. The number of pyridine rings is 1. The molecule has 0 amide bonds. The van der Waals surface area contributed by atoms with Gasteiger partial charge in [-0.1, -0.05) is 0 Å². The van der Waals surface area contributed by atoms with E-state index in [1.54, 1.807) is 22.9 Å². The Balaban J connectivity index is 1.35. The van der Waals surface area contributed by atoms with Crippen molar-refractivity contribution in [2.45, 2.75) is 26.8 Å². The number of anilines is 2. The minimum atomic E-state index is -0.285. The van der Waals surface area contributed by atoms with Gasteiger partial charge in [0.1, 0.15) is 28.7 Å². The summed E-state index contributed by atoms with van der Waals surface area (Å²) in [6.07, 6.45) is 4.08. The number of Topliss-reactive ketones (excluding diaryl/α,β-unsaturated/α-hetero) is 1. The molecule has 9 nitrogen and oxygen atoms in total. The third-order valence-electron chi connectivity index (χ3n) is 7.40. The van der Waals surface area contributed by atoms with Gasteiger partial charge in [-0.25, -0.2) is 19.3 Å². The normalized spacial score (nSPS) is 15.5. The first-order valence-corrected chi connectivity index (χ1v) is 12.9. The lowest BCUT2D eigenvalue weighted by Gasteiger charge is -2.33. The highest BCUT2D eigenvalue weighted by atomic mass is 19.1. The molecule has 0 radical (unpaired) electrons. The highest BCUT2D eigenvalue weighted by molar-refractivity contribution is 5.94. The number of nitrogens with zero attached hydrogens (tertiary/aromatic N) is 6. The summed E-state index contributed by atoms with van der Waals surface area (Å²) < 4.78 is 22.1. The zero-order valence-electron chi connectivity index (χ0n) is 21.8. The van der Waals surface area contributed by atoms with Crippen molar-refractivity contribution in [3.8, 4) is 16.9 Å². The average Bonchev–Trinajstić information content (AvgIpc) is 3.57. The van der Waals surface area contributed by atoms with Crippen LogP contribution in [-0.4, -0.2) is 69.9 Å². The molecular weight excluding hydrogens is 485 g/mol.